The predicted molar refractivity (Wildman–Crippen MR) is 139 cm³/mol. The van der Waals surface area contributed by atoms with Gasteiger partial charge in [0.2, 0.25) is 3.79 Å². The van der Waals surface area contributed by atoms with E-state index in [4.69, 9.17) is 45.3 Å². The van der Waals surface area contributed by atoms with Crippen molar-refractivity contribution in [3.8, 4) is 0 Å². The molecule has 33 heavy (non-hydrogen) atoms. The van der Waals surface area contributed by atoms with Gasteiger partial charge in [0.05, 0.1) is 0 Å². The van der Waals surface area contributed by atoms with Crippen LogP contribution in [0.4, 0.5) is 21.9 Å². The SMILES string of the molecule is Nc1cc(C(=O)Nc2ccc(Br)cc2)ccc1Sc1ccc(NC(=O)OCC(Cl)(Cl)Cl)cc1. The Bertz CT molecular complexity index is 1140. The molecule has 3 rings (SSSR count). The molecule has 0 saturated heterocycles. The summed E-state index contributed by atoms with van der Waals surface area (Å²) in [6.07, 6.45) is -0.733. The molecule has 2 amide bonds. The molecule has 0 heterocycles. The third kappa shape index (κ3) is 8.32. The summed E-state index contributed by atoms with van der Waals surface area (Å²) in [5.74, 6) is -0.252. The van der Waals surface area contributed by atoms with Crippen molar-refractivity contribution in [1.82, 2.24) is 0 Å². The zero-order valence-corrected chi connectivity index (χ0v) is 21.5. The number of carbonyl (C=O) groups is 2. The first-order valence-electron chi connectivity index (χ1n) is 9.34. The minimum Gasteiger partial charge on any atom is -0.445 e. The number of benzene rings is 3. The number of nitrogens with one attached hydrogen (secondary N) is 2. The quantitative estimate of drug-likeness (QED) is 0.206. The van der Waals surface area contributed by atoms with Crippen molar-refractivity contribution in [2.75, 3.05) is 23.0 Å². The Balaban J connectivity index is 1.59. The van der Waals surface area contributed by atoms with Gasteiger partial charge in [-0.25, -0.2) is 4.79 Å². The number of hydrogen-bond acceptors (Lipinski definition) is 5. The van der Waals surface area contributed by atoms with E-state index in [0.29, 0.717) is 22.6 Å². The van der Waals surface area contributed by atoms with Crippen LogP contribution in [0.15, 0.2) is 81.0 Å². The van der Waals surface area contributed by atoms with Crippen molar-refractivity contribution in [2.24, 2.45) is 0 Å². The molecule has 172 valence electrons. The Labute approximate surface area is 218 Å². The number of amides is 2. The van der Waals surface area contributed by atoms with Crippen molar-refractivity contribution < 1.29 is 14.3 Å². The predicted octanol–water partition coefficient (Wildman–Crippen LogP) is 7.35. The third-order valence-electron chi connectivity index (χ3n) is 4.07. The summed E-state index contributed by atoms with van der Waals surface area (Å²) < 4.78 is 4.07. The molecule has 0 saturated carbocycles. The van der Waals surface area contributed by atoms with Crippen LogP contribution in [0.3, 0.4) is 0 Å². The number of anilines is 3. The number of ether oxygens (including phenoxy) is 1. The summed E-state index contributed by atoms with van der Waals surface area (Å²) in [7, 11) is 0. The molecule has 3 aromatic carbocycles. The highest BCUT2D eigenvalue weighted by molar-refractivity contribution is 9.10. The molecule has 0 aliphatic carbocycles. The molecule has 0 atom stereocenters. The molecule has 0 aliphatic rings. The van der Waals surface area contributed by atoms with Gasteiger partial charge in [0.25, 0.3) is 5.91 Å². The minimum absolute atomic E-state index is 0.252. The normalized spacial score (nSPS) is 11.0. The van der Waals surface area contributed by atoms with E-state index in [-0.39, 0.29) is 12.5 Å². The maximum atomic E-state index is 12.5. The molecule has 0 unspecified atom stereocenters. The van der Waals surface area contributed by atoms with Gasteiger partial charge < -0.3 is 15.8 Å². The number of alkyl halides is 3. The number of nitrogen functional groups attached to an aromatic ring is 1. The van der Waals surface area contributed by atoms with Crippen LogP contribution in [-0.4, -0.2) is 22.4 Å². The molecule has 11 heteroatoms. The standard InChI is InChI=1S/C22H17BrCl3N3O3S/c23-14-2-4-15(5-3-14)28-20(30)13-1-10-19(18(27)11-13)33-17-8-6-16(7-9-17)29-21(31)32-12-22(24,25)26/h1-11H,12,27H2,(H,28,30)(H,29,31). The first-order chi connectivity index (χ1) is 15.6. The van der Waals surface area contributed by atoms with Crippen molar-refractivity contribution in [3.05, 3.63) is 76.8 Å². The van der Waals surface area contributed by atoms with Gasteiger partial charge in [0.15, 0.2) is 0 Å². The van der Waals surface area contributed by atoms with Crippen molar-refractivity contribution in [3.63, 3.8) is 0 Å². The van der Waals surface area contributed by atoms with Gasteiger partial charge in [-0.2, -0.15) is 0 Å². The highest BCUT2D eigenvalue weighted by atomic mass is 79.9. The van der Waals surface area contributed by atoms with Crippen molar-refractivity contribution >= 4 is 91.6 Å². The Morgan fingerprint density at radius 2 is 1.55 bits per heavy atom. The fourth-order valence-corrected chi connectivity index (χ4v) is 3.82. The average Bonchev–Trinajstić information content (AvgIpc) is 2.76. The molecule has 0 spiro atoms. The zero-order valence-electron chi connectivity index (χ0n) is 16.8. The van der Waals surface area contributed by atoms with Gasteiger partial charge in [-0.15, -0.1) is 0 Å². The van der Waals surface area contributed by atoms with Crippen LogP contribution in [0.1, 0.15) is 10.4 Å². The molecule has 3 aromatic rings. The number of rotatable bonds is 6. The third-order valence-corrected chi connectivity index (χ3v) is 6.03. The summed E-state index contributed by atoms with van der Waals surface area (Å²) in [6, 6.07) is 19.4. The largest absolute Gasteiger partial charge is 0.445 e. The Morgan fingerprint density at radius 3 is 2.15 bits per heavy atom. The van der Waals surface area contributed by atoms with Crippen LogP contribution >= 0.6 is 62.5 Å². The maximum Gasteiger partial charge on any atom is 0.411 e. The number of nitrogens with two attached hydrogens (primary N) is 1. The van der Waals surface area contributed by atoms with Crippen LogP contribution < -0.4 is 16.4 Å². The Morgan fingerprint density at radius 1 is 0.939 bits per heavy atom. The second-order valence-electron chi connectivity index (χ2n) is 6.66. The second-order valence-corrected chi connectivity index (χ2v) is 11.2. The topological polar surface area (TPSA) is 93.5 Å². The van der Waals surface area contributed by atoms with E-state index in [1.54, 1.807) is 42.5 Å². The molecular weight excluding hydrogens is 573 g/mol. The van der Waals surface area contributed by atoms with Crippen LogP contribution in [0, 0.1) is 0 Å². The highest BCUT2D eigenvalue weighted by Crippen LogP contribution is 2.33. The molecule has 6 nitrogen and oxygen atoms in total. The van der Waals surface area contributed by atoms with Crippen molar-refractivity contribution in [2.45, 2.75) is 13.6 Å². The fourth-order valence-electron chi connectivity index (χ4n) is 2.55. The Hall–Kier alpha value is -2.10. The van der Waals surface area contributed by atoms with Gasteiger partial charge in [-0.3, -0.25) is 10.1 Å². The summed E-state index contributed by atoms with van der Waals surface area (Å²) >= 11 is 21.4. The fraction of sp³-hybridized carbons (Fsp3) is 0.0909. The maximum absolute atomic E-state index is 12.5. The van der Waals surface area contributed by atoms with Gasteiger partial charge in [0, 0.05) is 36.9 Å². The monoisotopic (exact) mass is 587 g/mol. The van der Waals surface area contributed by atoms with Crippen LogP contribution in [0.2, 0.25) is 0 Å². The van der Waals surface area contributed by atoms with Crippen molar-refractivity contribution in [1.29, 1.82) is 0 Å². The van der Waals surface area contributed by atoms with E-state index in [0.717, 1.165) is 14.3 Å². The van der Waals surface area contributed by atoms with Gasteiger partial charge in [0.1, 0.15) is 6.61 Å². The number of carbonyl (C=O) groups excluding carboxylic acids is 2. The summed E-state index contributed by atoms with van der Waals surface area (Å²) in [5, 5.41) is 5.37. The molecule has 0 aliphatic heterocycles. The Kier molecular flexibility index (Phi) is 8.78. The lowest BCUT2D eigenvalue weighted by molar-refractivity contribution is 0.102. The van der Waals surface area contributed by atoms with E-state index in [1.165, 1.54) is 11.8 Å². The molecule has 0 aromatic heterocycles. The van der Waals surface area contributed by atoms with Gasteiger partial charge in [-0.05, 0) is 66.7 Å². The van der Waals surface area contributed by atoms with Crippen LogP contribution in [-0.2, 0) is 4.74 Å². The lowest BCUT2D eigenvalue weighted by atomic mass is 10.2. The van der Waals surface area contributed by atoms with Crippen LogP contribution in [0.5, 0.6) is 0 Å². The van der Waals surface area contributed by atoms with Gasteiger partial charge in [-0.1, -0.05) is 62.5 Å². The lowest BCUT2D eigenvalue weighted by Crippen LogP contribution is -2.21. The smallest absolute Gasteiger partial charge is 0.411 e. The highest BCUT2D eigenvalue weighted by Gasteiger charge is 2.22. The van der Waals surface area contributed by atoms with E-state index in [2.05, 4.69) is 26.6 Å². The molecular formula is C22H17BrCl3N3O3S. The molecule has 0 fully saturated rings. The average molecular weight is 590 g/mol. The lowest BCUT2D eigenvalue weighted by Gasteiger charge is -2.12. The van der Waals surface area contributed by atoms with E-state index in [9.17, 15) is 9.59 Å². The first-order valence-corrected chi connectivity index (χ1v) is 12.1. The van der Waals surface area contributed by atoms with E-state index >= 15 is 0 Å². The minimum atomic E-state index is -1.67. The van der Waals surface area contributed by atoms with Gasteiger partial charge >= 0.3 is 6.09 Å². The molecule has 0 radical (unpaired) electrons. The summed E-state index contributed by atoms with van der Waals surface area (Å²) in [5.41, 5.74) is 8.30. The van der Waals surface area contributed by atoms with Crippen LogP contribution in [0.25, 0.3) is 0 Å². The first kappa shape index (κ1) is 25.5. The van der Waals surface area contributed by atoms with E-state index in [1.807, 2.05) is 24.3 Å². The molecule has 0 bridgehead atoms. The van der Waals surface area contributed by atoms with E-state index < -0.39 is 9.89 Å². The molecule has 4 N–H and O–H groups in total. The second kappa shape index (κ2) is 11.4. The number of halogens is 4. The summed E-state index contributed by atoms with van der Waals surface area (Å²) in [4.78, 5) is 25.9. The zero-order chi connectivity index (χ0) is 24.0. The number of hydrogen-bond donors (Lipinski definition) is 3. The summed E-state index contributed by atoms with van der Waals surface area (Å²) in [6.45, 7) is -0.367.